The second-order valence-electron chi connectivity index (χ2n) is 9.50. The molecule has 1 atom stereocenters. The van der Waals surface area contributed by atoms with Crippen molar-refractivity contribution in [2.45, 2.75) is 44.4 Å². The first-order chi connectivity index (χ1) is 19.2. The van der Waals surface area contributed by atoms with Crippen LogP contribution in [-0.4, -0.2) is 63.8 Å². The fourth-order valence-electron chi connectivity index (χ4n) is 4.07. The van der Waals surface area contributed by atoms with Crippen molar-refractivity contribution in [3.05, 3.63) is 76.1 Å². The number of pyridine rings is 1. The topological polar surface area (TPSA) is 137 Å². The van der Waals surface area contributed by atoms with Gasteiger partial charge in [-0.25, -0.2) is 9.18 Å². The molecule has 0 saturated carbocycles. The van der Waals surface area contributed by atoms with Gasteiger partial charge in [0.25, 0.3) is 5.56 Å². The minimum atomic E-state index is -4.41. The van der Waals surface area contributed by atoms with Gasteiger partial charge < -0.3 is 30.2 Å². The summed E-state index contributed by atoms with van der Waals surface area (Å²) in [5.41, 5.74) is 0.116. The molecule has 0 fully saturated rings. The molecule has 10 nitrogen and oxygen atoms in total. The quantitative estimate of drug-likeness (QED) is 0.201. The van der Waals surface area contributed by atoms with E-state index < -0.39 is 48.4 Å². The molecule has 1 aromatic carbocycles. The summed E-state index contributed by atoms with van der Waals surface area (Å²) in [7, 11) is 3.13. The van der Waals surface area contributed by atoms with Crippen LogP contribution in [0.2, 0.25) is 0 Å². The third-order valence-corrected chi connectivity index (χ3v) is 6.06. The standard InChI is InChI=1S/C27H29F4N5O5/c1-35(2)22(37)8-4-3-6-20(34-26(40)41)24(38)33-21-7-5-11-36(25(21)39)15-19-14-17-13-18(28)12-16(23(17)32-19)9-10-27(29,30)31/h4-5,7-8,11-14,20,32,34H,3,6,9-10,15H2,1-2H3,(H,33,38)(H,40,41)/b8-4+. The van der Waals surface area contributed by atoms with Crippen LogP contribution in [0, 0.1) is 5.82 Å². The molecule has 3 aromatic rings. The molecule has 3 rings (SSSR count). The Morgan fingerprint density at radius 3 is 2.59 bits per heavy atom. The molecule has 2 heterocycles. The maximum Gasteiger partial charge on any atom is 0.405 e. The van der Waals surface area contributed by atoms with Crippen LogP contribution in [0.25, 0.3) is 10.9 Å². The van der Waals surface area contributed by atoms with E-state index in [4.69, 9.17) is 5.11 Å². The summed E-state index contributed by atoms with van der Waals surface area (Å²) < 4.78 is 53.5. The van der Waals surface area contributed by atoms with Gasteiger partial charge in [-0.05, 0) is 61.2 Å². The highest BCUT2D eigenvalue weighted by atomic mass is 19.4. The molecule has 0 saturated heterocycles. The van der Waals surface area contributed by atoms with Gasteiger partial charge in [0.1, 0.15) is 17.5 Å². The highest BCUT2D eigenvalue weighted by molar-refractivity contribution is 5.96. The fraction of sp³-hybridized carbons (Fsp3) is 0.333. The Kier molecular flexibility index (Phi) is 9.92. The molecule has 0 aliphatic rings. The summed E-state index contributed by atoms with van der Waals surface area (Å²) >= 11 is 0. The van der Waals surface area contributed by atoms with Crippen molar-refractivity contribution in [1.29, 1.82) is 0 Å². The maximum absolute atomic E-state index is 14.0. The third kappa shape index (κ3) is 8.95. The molecule has 14 heteroatoms. The second kappa shape index (κ2) is 13.2. The van der Waals surface area contributed by atoms with Gasteiger partial charge in [0.2, 0.25) is 11.8 Å². The number of carboxylic acid groups (broad SMARTS) is 1. The first-order valence-corrected chi connectivity index (χ1v) is 12.5. The number of anilines is 1. The van der Waals surface area contributed by atoms with Crippen LogP contribution >= 0.6 is 0 Å². The number of H-pyrrole nitrogens is 1. The maximum atomic E-state index is 14.0. The summed E-state index contributed by atoms with van der Waals surface area (Å²) in [5, 5.41) is 14.0. The summed E-state index contributed by atoms with van der Waals surface area (Å²) in [4.78, 5) is 53.0. The first-order valence-electron chi connectivity index (χ1n) is 12.5. The first kappa shape index (κ1) is 30.9. The van der Waals surface area contributed by atoms with Gasteiger partial charge >= 0.3 is 12.3 Å². The number of rotatable bonds is 11. The van der Waals surface area contributed by atoms with Gasteiger partial charge in [0, 0.05) is 43.3 Å². The van der Waals surface area contributed by atoms with Crippen LogP contribution in [0.3, 0.4) is 0 Å². The average molecular weight is 580 g/mol. The molecule has 220 valence electrons. The van der Waals surface area contributed by atoms with Gasteiger partial charge in [-0.15, -0.1) is 0 Å². The molecule has 0 radical (unpaired) electrons. The minimum Gasteiger partial charge on any atom is -0.465 e. The molecule has 41 heavy (non-hydrogen) atoms. The Labute approximate surface area is 231 Å². The number of nitrogens with one attached hydrogen (secondary N) is 3. The zero-order chi connectivity index (χ0) is 30.3. The number of nitrogens with zero attached hydrogens (tertiary/aromatic N) is 2. The van der Waals surface area contributed by atoms with Crippen molar-refractivity contribution in [3.63, 3.8) is 0 Å². The van der Waals surface area contributed by atoms with Crippen molar-refractivity contribution in [2.24, 2.45) is 0 Å². The van der Waals surface area contributed by atoms with Crippen LogP contribution in [0.1, 0.15) is 30.5 Å². The van der Waals surface area contributed by atoms with E-state index in [2.05, 4.69) is 15.6 Å². The molecule has 1 unspecified atom stereocenters. The number of alkyl halides is 3. The van der Waals surface area contributed by atoms with Gasteiger partial charge in [0.05, 0.1) is 6.54 Å². The Morgan fingerprint density at radius 1 is 1.20 bits per heavy atom. The van der Waals surface area contributed by atoms with Crippen LogP contribution in [0.4, 0.5) is 28.0 Å². The van der Waals surface area contributed by atoms with Crippen molar-refractivity contribution in [3.8, 4) is 0 Å². The van der Waals surface area contributed by atoms with Crippen molar-refractivity contribution >= 4 is 34.5 Å². The summed E-state index contributed by atoms with van der Waals surface area (Å²) in [6.45, 7) is -0.0704. The summed E-state index contributed by atoms with van der Waals surface area (Å²) in [6.07, 6.45) is -2.97. The molecule has 0 aliphatic carbocycles. The van der Waals surface area contributed by atoms with E-state index in [0.29, 0.717) is 16.6 Å². The van der Waals surface area contributed by atoms with Gasteiger partial charge in [0.15, 0.2) is 0 Å². The molecule has 0 aliphatic heterocycles. The largest absolute Gasteiger partial charge is 0.465 e. The summed E-state index contributed by atoms with van der Waals surface area (Å²) in [6, 6.07) is 5.32. The predicted octanol–water partition coefficient (Wildman–Crippen LogP) is 4.01. The van der Waals surface area contributed by atoms with Crippen molar-refractivity contribution in [2.75, 3.05) is 19.4 Å². The lowest BCUT2D eigenvalue weighted by atomic mass is 10.1. The number of halogens is 4. The lowest BCUT2D eigenvalue weighted by Crippen LogP contribution is -2.44. The number of amides is 3. The molecule has 3 amide bonds. The summed E-state index contributed by atoms with van der Waals surface area (Å²) in [5.74, 6) is -1.75. The number of likely N-dealkylation sites (N-methyl/N-ethyl adjacent to an activating group) is 1. The van der Waals surface area contributed by atoms with E-state index in [-0.39, 0.29) is 36.5 Å². The molecule has 2 aromatic heterocycles. The number of carbonyl (C=O) groups is 3. The normalized spacial score (nSPS) is 12.4. The number of carbonyl (C=O) groups excluding carboxylic acids is 2. The minimum absolute atomic E-state index is 0.0126. The fourth-order valence-corrected chi connectivity index (χ4v) is 4.07. The van der Waals surface area contributed by atoms with Gasteiger partial charge in [-0.3, -0.25) is 14.4 Å². The monoisotopic (exact) mass is 579 g/mol. The third-order valence-electron chi connectivity index (χ3n) is 6.06. The Morgan fingerprint density at radius 2 is 1.93 bits per heavy atom. The number of fused-ring (bicyclic) bond motifs is 1. The Hall–Kier alpha value is -4.62. The van der Waals surface area contributed by atoms with Crippen molar-refractivity contribution in [1.82, 2.24) is 19.8 Å². The lowest BCUT2D eigenvalue weighted by molar-refractivity contribution is -0.134. The number of allylic oxidation sites excluding steroid dienone is 1. The SMILES string of the molecule is CN(C)C(=O)/C=C/CCC(NC(=O)O)C(=O)Nc1cccn(Cc2cc3cc(F)cc(CCC(F)(F)F)c3[nH]2)c1=O. The Bertz CT molecular complexity index is 1510. The number of hydrogen-bond donors (Lipinski definition) is 4. The number of aromatic amines is 1. The van der Waals surface area contributed by atoms with E-state index >= 15 is 0 Å². The second-order valence-corrected chi connectivity index (χ2v) is 9.50. The number of benzene rings is 1. The highest BCUT2D eigenvalue weighted by Gasteiger charge is 2.27. The van der Waals surface area contributed by atoms with Crippen LogP contribution in [0.5, 0.6) is 0 Å². The van der Waals surface area contributed by atoms with E-state index in [9.17, 15) is 36.7 Å². The van der Waals surface area contributed by atoms with Crippen LogP contribution in [-0.2, 0) is 22.6 Å². The number of aryl methyl sites for hydroxylation is 1. The van der Waals surface area contributed by atoms with E-state index in [1.165, 1.54) is 52.1 Å². The average Bonchev–Trinajstić information content (AvgIpc) is 3.28. The van der Waals surface area contributed by atoms with Gasteiger partial charge in [-0.1, -0.05) is 6.08 Å². The molecular formula is C27H29F4N5O5. The zero-order valence-electron chi connectivity index (χ0n) is 22.2. The molecule has 0 spiro atoms. The Balaban J connectivity index is 1.77. The van der Waals surface area contributed by atoms with E-state index in [1.54, 1.807) is 14.1 Å². The van der Waals surface area contributed by atoms with Gasteiger partial charge in [-0.2, -0.15) is 13.2 Å². The molecular weight excluding hydrogens is 550 g/mol. The lowest BCUT2D eigenvalue weighted by Gasteiger charge is -2.16. The van der Waals surface area contributed by atoms with Crippen molar-refractivity contribution < 1.29 is 37.1 Å². The van der Waals surface area contributed by atoms with E-state index in [0.717, 1.165) is 6.07 Å². The number of hydrogen-bond acceptors (Lipinski definition) is 4. The highest BCUT2D eigenvalue weighted by Crippen LogP contribution is 2.27. The zero-order valence-corrected chi connectivity index (χ0v) is 22.2. The number of aromatic nitrogens is 2. The van der Waals surface area contributed by atoms with Crippen LogP contribution < -0.4 is 16.2 Å². The molecule has 0 bridgehead atoms. The predicted molar refractivity (Wildman–Crippen MR) is 143 cm³/mol. The molecule has 4 N–H and O–H groups in total. The van der Waals surface area contributed by atoms with Crippen LogP contribution in [0.15, 0.2) is 53.5 Å². The smallest absolute Gasteiger partial charge is 0.405 e. The van der Waals surface area contributed by atoms with E-state index in [1.807, 2.05) is 0 Å².